The first kappa shape index (κ1) is 20.5. The lowest BCUT2D eigenvalue weighted by molar-refractivity contribution is 0.0512. The average molecular weight is 355 g/mol. The van der Waals surface area contributed by atoms with E-state index >= 15 is 0 Å². The molecule has 2 rings (SSSR count). The predicted octanol–water partition coefficient (Wildman–Crippen LogP) is 2.42. The first-order valence-electron chi connectivity index (χ1n) is 8.01. The largest absolute Gasteiger partial charge is 0.490 e. The summed E-state index contributed by atoms with van der Waals surface area (Å²) in [6, 6.07) is 7.15. The molecule has 1 saturated heterocycles. The molecule has 0 unspecified atom stereocenters. The van der Waals surface area contributed by atoms with E-state index in [1.165, 1.54) is 0 Å². The van der Waals surface area contributed by atoms with E-state index in [9.17, 15) is 4.79 Å². The van der Waals surface area contributed by atoms with Crippen molar-refractivity contribution >= 4 is 18.3 Å². The van der Waals surface area contributed by atoms with Crippen molar-refractivity contribution in [3.8, 4) is 5.75 Å². The summed E-state index contributed by atoms with van der Waals surface area (Å²) in [6.07, 6.45) is 3.71. The Hall–Kier alpha value is -1.56. The first-order chi connectivity index (χ1) is 11.2. The van der Waals surface area contributed by atoms with Gasteiger partial charge in [-0.15, -0.1) is 12.4 Å². The number of nitrogens with one attached hydrogen (secondary N) is 2. The molecule has 0 radical (unpaired) electrons. The molecule has 6 heteroatoms. The van der Waals surface area contributed by atoms with E-state index in [-0.39, 0.29) is 23.7 Å². The minimum atomic E-state index is -0.0609. The summed E-state index contributed by atoms with van der Waals surface area (Å²) in [5, 5.41) is 6.40. The van der Waals surface area contributed by atoms with Crippen LogP contribution in [0, 0.1) is 5.41 Å². The molecule has 134 valence electrons. The molecule has 1 heterocycles. The maximum absolute atomic E-state index is 12.3. The standard InChI is InChI=1S/C18H26N2O3.ClH/c1-3-12-23-16-6-4-15(5-7-16)17(21)20-13-18(14-22-2)8-10-19-11-9-18;/h3-7,19H,1,8-14H2,2H3,(H,20,21);1H. The van der Waals surface area contributed by atoms with Gasteiger partial charge in [-0.25, -0.2) is 0 Å². The van der Waals surface area contributed by atoms with Gasteiger partial charge in [0.05, 0.1) is 6.61 Å². The van der Waals surface area contributed by atoms with Crippen LogP contribution in [0.5, 0.6) is 5.75 Å². The number of halogens is 1. The van der Waals surface area contributed by atoms with Crippen LogP contribution >= 0.6 is 12.4 Å². The quantitative estimate of drug-likeness (QED) is 0.704. The Morgan fingerprint density at radius 1 is 1.33 bits per heavy atom. The summed E-state index contributed by atoms with van der Waals surface area (Å²) in [4.78, 5) is 12.3. The second kappa shape index (κ2) is 10.3. The number of carbonyl (C=O) groups excluding carboxylic acids is 1. The summed E-state index contributed by atoms with van der Waals surface area (Å²) in [7, 11) is 1.72. The fourth-order valence-corrected chi connectivity index (χ4v) is 2.86. The highest BCUT2D eigenvalue weighted by atomic mass is 35.5. The van der Waals surface area contributed by atoms with Gasteiger partial charge >= 0.3 is 0 Å². The SMILES string of the molecule is C=CCOc1ccc(C(=O)NCC2(COC)CCNCC2)cc1.Cl. The number of piperidine rings is 1. The highest BCUT2D eigenvalue weighted by molar-refractivity contribution is 5.94. The van der Waals surface area contributed by atoms with Crippen LogP contribution in [-0.4, -0.2) is 45.9 Å². The lowest BCUT2D eigenvalue weighted by Gasteiger charge is -2.37. The molecule has 0 aliphatic carbocycles. The number of hydrogen-bond acceptors (Lipinski definition) is 4. The third-order valence-electron chi connectivity index (χ3n) is 4.22. The molecule has 0 saturated carbocycles. The monoisotopic (exact) mass is 354 g/mol. The van der Waals surface area contributed by atoms with Crippen molar-refractivity contribution < 1.29 is 14.3 Å². The zero-order valence-corrected chi connectivity index (χ0v) is 15.0. The number of ether oxygens (including phenoxy) is 2. The van der Waals surface area contributed by atoms with Gasteiger partial charge in [0.15, 0.2) is 0 Å². The fraction of sp³-hybridized carbons (Fsp3) is 0.500. The zero-order chi connectivity index (χ0) is 16.5. The molecule has 24 heavy (non-hydrogen) atoms. The zero-order valence-electron chi connectivity index (χ0n) is 14.2. The maximum Gasteiger partial charge on any atom is 0.251 e. The fourth-order valence-electron chi connectivity index (χ4n) is 2.86. The minimum Gasteiger partial charge on any atom is -0.490 e. The maximum atomic E-state index is 12.3. The number of hydrogen-bond donors (Lipinski definition) is 2. The molecule has 1 aliphatic rings. The highest BCUT2D eigenvalue weighted by Gasteiger charge is 2.32. The Kier molecular flexibility index (Phi) is 8.82. The Balaban J connectivity index is 0.00000288. The summed E-state index contributed by atoms with van der Waals surface area (Å²) in [6.45, 7) is 7.30. The molecule has 1 amide bonds. The van der Waals surface area contributed by atoms with E-state index in [2.05, 4.69) is 17.2 Å². The van der Waals surface area contributed by atoms with Crippen LogP contribution in [0.15, 0.2) is 36.9 Å². The summed E-state index contributed by atoms with van der Waals surface area (Å²) >= 11 is 0. The number of rotatable bonds is 8. The Morgan fingerprint density at radius 2 is 2.00 bits per heavy atom. The number of amides is 1. The van der Waals surface area contributed by atoms with Crippen molar-refractivity contribution in [2.45, 2.75) is 12.8 Å². The second-order valence-electron chi connectivity index (χ2n) is 5.99. The van der Waals surface area contributed by atoms with Crippen LogP contribution in [0.1, 0.15) is 23.2 Å². The van der Waals surface area contributed by atoms with Gasteiger partial charge in [-0.1, -0.05) is 12.7 Å². The Morgan fingerprint density at radius 3 is 2.58 bits per heavy atom. The Bertz CT molecular complexity index is 508. The third kappa shape index (κ3) is 5.82. The molecule has 5 nitrogen and oxygen atoms in total. The lowest BCUT2D eigenvalue weighted by Crippen LogP contribution is -2.47. The topological polar surface area (TPSA) is 59.6 Å². The average Bonchev–Trinajstić information content (AvgIpc) is 2.59. The van der Waals surface area contributed by atoms with Gasteiger partial charge in [-0.3, -0.25) is 4.79 Å². The number of carbonyl (C=O) groups is 1. The lowest BCUT2D eigenvalue weighted by atomic mass is 9.79. The molecule has 0 aromatic heterocycles. The summed E-state index contributed by atoms with van der Waals surface area (Å²) < 4.78 is 10.8. The second-order valence-corrected chi connectivity index (χ2v) is 5.99. The first-order valence-corrected chi connectivity index (χ1v) is 8.01. The van der Waals surface area contributed by atoms with E-state index in [0.717, 1.165) is 31.7 Å². The number of benzene rings is 1. The van der Waals surface area contributed by atoms with Crippen LogP contribution in [0.25, 0.3) is 0 Å². The predicted molar refractivity (Wildman–Crippen MR) is 98.1 cm³/mol. The van der Waals surface area contributed by atoms with Gasteiger partial charge in [-0.2, -0.15) is 0 Å². The molecular weight excluding hydrogens is 328 g/mol. The van der Waals surface area contributed by atoms with Crippen LogP contribution in [0.4, 0.5) is 0 Å². The van der Waals surface area contributed by atoms with Crippen molar-refractivity contribution in [1.29, 1.82) is 0 Å². The van der Waals surface area contributed by atoms with E-state index < -0.39 is 0 Å². The molecular formula is C18H27ClN2O3. The van der Waals surface area contributed by atoms with Crippen molar-refractivity contribution in [2.24, 2.45) is 5.41 Å². The van der Waals surface area contributed by atoms with Crippen molar-refractivity contribution in [1.82, 2.24) is 10.6 Å². The minimum absolute atomic E-state index is 0. The van der Waals surface area contributed by atoms with Crippen molar-refractivity contribution in [3.63, 3.8) is 0 Å². The normalized spacial score (nSPS) is 15.9. The molecule has 2 N–H and O–H groups in total. The van der Waals surface area contributed by atoms with Crippen LogP contribution in [0.3, 0.4) is 0 Å². The van der Waals surface area contributed by atoms with Crippen LogP contribution in [-0.2, 0) is 4.74 Å². The van der Waals surface area contributed by atoms with Crippen LogP contribution in [0.2, 0.25) is 0 Å². The van der Waals surface area contributed by atoms with E-state index in [1.807, 2.05) is 0 Å². The summed E-state index contributed by atoms with van der Waals surface area (Å²) in [5.74, 6) is 0.671. The number of methoxy groups -OCH3 is 1. The van der Waals surface area contributed by atoms with Gasteiger partial charge < -0.3 is 20.1 Å². The van der Waals surface area contributed by atoms with E-state index in [1.54, 1.807) is 37.5 Å². The van der Waals surface area contributed by atoms with Crippen molar-refractivity contribution in [2.75, 3.05) is 40.0 Å². The molecule has 0 atom stereocenters. The molecule has 0 spiro atoms. The molecule has 0 bridgehead atoms. The van der Waals surface area contributed by atoms with E-state index in [4.69, 9.17) is 9.47 Å². The third-order valence-corrected chi connectivity index (χ3v) is 4.22. The van der Waals surface area contributed by atoms with Gasteiger partial charge in [0.25, 0.3) is 5.91 Å². The molecule has 1 fully saturated rings. The van der Waals surface area contributed by atoms with Gasteiger partial charge in [-0.05, 0) is 50.2 Å². The molecule has 1 aromatic carbocycles. The molecule has 1 aliphatic heterocycles. The van der Waals surface area contributed by atoms with Gasteiger partial charge in [0, 0.05) is 24.6 Å². The Labute approximate surface area is 150 Å². The smallest absolute Gasteiger partial charge is 0.251 e. The van der Waals surface area contributed by atoms with Crippen LogP contribution < -0.4 is 15.4 Å². The van der Waals surface area contributed by atoms with Gasteiger partial charge in [0.1, 0.15) is 12.4 Å². The van der Waals surface area contributed by atoms with Crippen molar-refractivity contribution in [3.05, 3.63) is 42.5 Å². The summed E-state index contributed by atoms with van der Waals surface area (Å²) in [5.41, 5.74) is 0.667. The van der Waals surface area contributed by atoms with Gasteiger partial charge in [0.2, 0.25) is 0 Å². The van der Waals surface area contributed by atoms with E-state index in [0.29, 0.717) is 25.3 Å². The molecule has 1 aromatic rings. The highest BCUT2D eigenvalue weighted by Crippen LogP contribution is 2.28.